The quantitative estimate of drug-likeness (QED) is 0.551. The first kappa shape index (κ1) is 23.1. The van der Waals surface area contributed by atoms with Crippen molar-refractivity contribution in [3.63, 3.8) is 0 Å². The number of carbonyl (C=O) groups excluding carboxylic acids is 2. The van der Waals surface area contributed by atoms with E-state index in [4.69, 9.17) is 14.2 Å². The topological polar surface area (TPSA) is 107 Å². The third-order valence-electron chi connectivity index (χ3n) is 5.86. The predicted molar refractivity (Wildman–Crippen MR) is 128 cm³/mol. The van der Waals surface area contributed by atoms with Crippen LogP contribution < -0.4 is 25.1 Å². The lowest BCUT2D eigenvalue weighted by molar-refractivity contribution is 0.0963. The van der Waals surface area contributed by atoms with Crippen molar-refractivity contribution in [3.8, 4) is 17.2 Å². The lowest BCUT2D eigenvalue weighted by atomic mass is 9.81. The molecule has 0 bridgehead atoms. The number of hydrogen-bond donors (Lipinski definition) is 2. The molecular formula is C26H26N2O6. The van der Waals surface area contributed by atoms with Crippen LogP contribution in [-0.4, -0.2) is 37.5 Å². The number of methoxy groups -OCH3 is 2. The maximum Gasteiger partial charge on any atom is 0.261 e. The highest BCUT2D eigenvalue weighted by Gasteiger charge is 2.29. The van der Waals surface area contributed by atoms with E-state index in [1.165, 1.54) is 6.07 Å². The molecule has 0 unspecified atom stereocenters. The standard InChI is InChI=1S/C26H26N2O6/c1-4-34-22-8-6-5-7-19(22)27-25(30)18-14-17-20(28-26(18)31)11-16(12-21(17)29)15-9-10-23(32-2)24(13-15)33-3/h5-10,13-14,16H,4,11-12H2,1-3H3,(H,27,30)(H,28,31)/t16-/m0/s1. The number of ketones is 1. The van der Waals surface area contributed by atoms with Gasteiger partial charge < -0.3 is 24.5 Å². The molecule has 1 heterocycles. The Morgan fingerprint density at radius 3 is 2.50 bits per heavy atom. The van der Waals surface area contributed by atoms with Gasteiger partial charge in [0.05, 0.1) is 26.5 Å². The Bertz CT molecular complexity index is 1300. The number of rotatable bonds is 7. The number of hydrogen-bond acceptors (Lipinski definition) is 6. The molecule has 0 fully saturated rings. The van der Waals surface area contributed by atoms with Crippen molar-refractivity contribution in [2.75, 3.05) is 26.1 Å². The minimum absolute atomic E-state index is 0.122. The zero-order valence-corrected chi connectivity index (χ0v) is 19.3. The monoisotopic (exact) mass is 462 g/mol. The minimum Gasteiger partial charge on any atom is -0.493 e. The number of Topliss-reactive ketones (excluding diaryl/α,β-unsaturated/α-hetero) is 1. The van der Waals surface area contributed by atoms with Gasteiger partial charge in [-0.25, -0.2) is 0 Å². The highest BCUT2D eigenvalue weighted by atomic mass is 16.5. The summed E-state index contributed by atoms with van der Waals surface area (Å²) in [5, 5.41) is 2.71. The van der Waals surface area contributed by atoms with Gasteiger partial charge >= 0.3 is 0 Å². The van der Waals surface area contributed by atoms with Crippen LogP contribution >= 0.6 is 0 Å². The zero-order valence-electron chi connectivity index (χ0n) is 19.3. The second kappa shape index (κ2) is 9.82. The summed E-state index contributed by atoms with van der Waals surface area (Å²) >= 11 is 0. The maximum atomic E-state index is 13.0. The number of pyridine rings is 1. The van der Waals surface area contributed by atoms with E-state index in [9.17, 15) is 14.4 Å². The zero-order chi connectivity index (χ0) is 24.2. The molecule has 1 atom stereocenters. The van der Waals surface area contributed by atoms with Crippen molar-refractivity contribution < 1.29 is 23.8 Å². The fraction of sp³-hybridized carbons (Fsp3) is 0.269. The van der Waals surface area contributed by atoms with Gasteiger partial charge in [0.25, 0.3) is 11.5 Å². The number of aromatic amines is 1. The highest BCUT2D eigenvalue weighted by molar-refractivity contribution is 6.07. The molecule has 4 rings (SSSR count). The van der Waals surface area contributed by atoms with Gasteiger partial charge in [0.2, 0.25) is 0 Å². The molecule has 34 heavy (non-hydrogen) atoms. The normalized spacial score (nSPS) is 14.8. The minimum atomic E-state index is -0.606. The molecule has 1 amide bonds. The number of amides is 1. The number of ether oxygens (including phenoxy) is 3. The van der Waals surface area contributed by atoms with Crippen molar-refractivity contribution in [3.05, 3.63) is 81.3 Å². The fourth-order valence-corrected chi connectivity index (χ4v) is 4.18. The third kappa shape index (κ3) is 4.52. The Kier molecular flexibility index (Phi) is 6.67. The molecule has 2 aromatic carbocycles. The summed E-state index contributed by atoms with van der Waals surface area (Å²) in [7, 11) is 3.12. The van der Waals surface area contributed by atoms with Crippen molar-refractivity contribution in [2.45, 2.75) is 25.7 Å². The molecule has 1 aliphatic rings. The van der Waals surface area contributed by atoms with Crippen molar-refractivity contribution in [1.82, 2.24) is 4.98 Å². The highest BCUT2D eigenvalue weighted by Crippen LogP contribution is 2.36. The van der Waals surface area contributed by atoms with E-state index < -0.39 is 11.5 Å². The van der Waals surface area contributed by atoms with Crippen LogP contribution in [0.25, 0.3) is 0 Å². The van der Waals surface area contributed by atoms with E-state index in [1.54, 1.807) is 44.6 Å². The van der Waals surface area contributed by atoms with Gasteiger partial charge in [-0.05, 0) is 55.2 Å². The number of H-pyrrole nitrogens is 1. The molecule has 8 heteroatoms. The molecule has 0 saturated heterocycles. The summed E-state index contributed by atoms with van der Waals surface area (Å²) in [6, 6.07) is 13.9. The number of para-hydroxylation sites is 2. The van der Waals surface area contributed by atoms with E-state index in [0.717, 1.165) is 5.56 Å². The average molecular weight is 463 g/mol. The molecule has 0 saturated carbocycles. The van der Waals surface area contributed by atoms with Gasteiger partial charge in [0, 0.05) is 17.7 Å². The summed E-state index contributed by atoms with van der Waals surface area (Å²) in [6.45, 7) is 2.27. The Hall–Kier alpha value is -4.07. The first-order valence-electron chi connectivity index (χ1n) is 11.0. The summed E-state index contributed by atoms with van der Waals surface area (Å²) in [5.74, 6) is 0.802. The predicted octanol–water partition coefficient (Wildman–Crippen LogP) is 3.96. The molecule has 1 aliphatic carbocycles. The Morgan fingerprint density at radius 1 is 1.00 bits per heavy atom. The van der Waals surface area contributed by atoms with Crippen LogP contribution in [0.15, 0.2) is 53.3 Å². The van der Waals surface area contributed by atoms with Gasteiger partial charge in [-0.3, -0.25) is 14.4 Å². The molecule has 0 spiro atoms. The number of nitrogens with one attached hydrogen (secondary N) is 2. The van der Waals surface area contributed by atoms with E-state index in [-0.39, 0.29) is 23.7 Å². The lowest BCUT2D eigenvalue weighted by Gasteiger charge is -2.24. The van der Waals surface area contributed by atoms with Crippen molar-refractivity contribution >= 4 is 17.4 Å². The Labute approximate surface area is 196 Å². The molecule has 3 aromatic rings. The number of fused-ring (bicyclic) bond motifs is 1. The average Bonchev–Trinajstić information content (AvgIpc) is 2.84. The Morgan fingerprint density at radius 2 is 1.76 bits per heavy atom. The number of carbonyl (C=O) groups is 2. The van der Waals surface area contributed by atoms with Gasteiger partial charge in [0.15, 0.2) is 17.3 Å². The van der Waals surface area contributed by atoms with E-state index >= 15 is 0 Å². The van der Waals surface area contributed by atoms with Crippen LogP contribution in [0.3, 0.4) is 0 Å². The van der Waals surface area contributed by atoms with Crippen LogP contribution in [0.1, 0.15) is 51.2 Å². The number of aromatic nitrogens is 1. The largest absolute Gasteiger partial charge is 0.493 e. The fourth-order valence-electron chi connectivity index (χ4n) is 4.18. The van der Waals surface area contributed by atoms with Crippen LogP contribution in [0.2, 0.25) is 0 Å². The SMILES string of the molecule is CCOc1ccccc1NC(=O)c1cc2c([nH]c1=O)C[C@H](c1ccc(OC)c(OC)c1)CC2=O. The molecule has 176 valence electrons. The van der Waals surface area contributed by atoms with Crippen LogP contribution in [0.4, 0.5) is 5.69 Å². The van der Waals surface area contributed by atoms with Gasteiger partial charge in [0.1, 0.15) is 11.3 Å². The molecule has 8 nitrogen and oxygen atoms in total. The second-order valence-electron chi connectivity index (χ2n) is 7.93. The first-order chi connectivity index (χ1) is 16.4. The second-order valence-corrected chi connectivity index (χ2v) is 7.93. The van der Waals surface area contributed by atoms with Crippen LogP contribution in [0, 0.1) is 0 Å². The van der Waals surface area contributed by atoms with Crippen LogP contribution in [0.5, 0.6) is 17.2 Å². The summed E-state index contributed by atoms with van der Waals surface area (Å²) in [5.41, 5.74) is 1.57. The lowest BCUT2D eigenvalue weighted by Crippen LogP contribution is -2.29. The van der Waals surface area contributed by atoms with E-state index in [2.05, 4.69) is 10.3 Å². The molecular weight excluding hydrogens is 436 g/mol. The Balaban J connectivity index is 1.61. The summed E-state index contributed by atoms with van der Waals surface area (Å²) < 4.78 is 16.2. The van der Waals surface area contributed by atoms with Crippen molar-refractivity contribution in [1.29, 1.82) is 0 Å². The molecule has 2 N–H and O–H groups in total. The van der Waals surface area contributed by atoms with Gasteiger partial charge in [-0.2, -0.15) is 0 Å². The summed E-state index contributed by atoms with van der Waals surface area (Å²) in [4.78, 5) is 41.4. The molecule has 1 aromatic heterocycles. The number of benzene rings is 2. The molecule has 0 aliphatic heterocycles. The van der Waals surface area contributed by atoms with Crippen LogP contribution in [-0.2, 0) is 6.42 Å². The van der Waals surface area contributed by atoms with E-state index in [1.807, 2.05) is 19.1 Å². The maximum absolute atomic E-state index is 13.0. The van der Waals surface area contributed by atoms with E-state index in [0.29, 0.717) is 47.2 Å². The molecule has 0 radical (unpaired) electrons. The number of anilines is 1. The summed E-state index contributed by atoms with van der Waals surface area (Å²) in [6.07, 6.45) is 0.712. The van der Waals surface area contributed by atoms with Gasteiger partial charge in [-0.15, -0.1) is 0 Å². The third-order valence-corrected chi connectivity index (χ3v) is 5.86. The smallest absolute Gasteiger partial charge is 0.261 e. The first-order valence-corrected chi connectivity index (χ1v) is 11.0. The van der Waals surface area contributed by atoms with Crippen molar-refractivity contribution in [2.24, 2.45) is 0 Å². The van der Waals surface area contributed by atoms with Gasteiger partial charge in [-0.1, -0.05) is 18.2 Å².